The van der Waals surface area contributed by atoms with E-state index in [-0.39, 0.29) is 5.91 Å². The molecule has 0 bridgehead atoms. The van der Waals surface area contributed by atoms with Crippen molar-refractivity contribution in [3.63, 3.8) is 0 Å². The minimum absolute atomic E-state index is 0.140. The van der Waals surface area contributed by atoms with Crippen LogP contribution in [0.3, 0.4) is 0 Å². The Bertz CT molecular complexity index is 442. The Morgan fingerprint density at radius 1 is 1.30 bits per heavy atom. The molecule has 0 aromatic heterocycles. The lowest BCUT2D eigenvalue weighted by Crippen LogP contribution is -2.38. The van der Waals surface area contributed by atoms with Gasteiger partial charge < -0.3 is 4.90 Å². The minimum Gasteiger partial charge on any atom is -0.337 e. The molecule has 1 fully saturated rings. The summed E-state index contributed by atoms with van der Waals surface area (Å²) in [5, 5.41) is 0. The van der Waals surface area contributed by atoms with Gasteiger partial charge in [-0.15, -0.1) is 11.6 Å². The third-order valence-corrected chi connectivity index (χ3v) is 4.44. The standard InChI is InChI=1S/C16H23ClN2O/c1-3-18(4-2)15-9-10-19(12-15)16(20)14-7-5-13(11-17)6-8-14/h5-8,15H,3-4,9-12H2,1-2H3. The maximum absolute atomic E-state index is 12.5. The number of amides is 1. The third-order valence-electron chi connectivity index (χ3n) is 4.13. The molecule has 0 radical (unpaired) electrons. The summed E-state index contributed by atoms with van der Waals surface area (Å²) in [4.78, 5) is 16.9. The lowest BCUT2D eigenvalue weighted by atomic mass is 10.1. The molecule has 1 amide bonds. The fraction of sp³-hybridized carbons (Fsp3) is 0.562. The maximum atomic E-state index is 12.5. The zero-order valence-electron chi connectivity index (χ0n) is 12.3. The molecule has 4 heteroatoms. The summed E-state index contributed by atoms with van der Waals surface area (Å²) in [5.41, 5.74) is 1.81. The van der Waals surface area contributed by atoms with E-state index >= 15 is 0 Å². The van der Waals surface area contributed by atoms with Gasteiger partial charge in [0.2, 0.25) is 0 Å². The van der Waals surface area contributed by atoms with Gasteiger partial charge in [0.1, 0.15) is 0 Å². The van der Waals surface area contributed by atoms with Crippen molar-refractivity contribution in [2.24, 2.45) is 0 Å². The Morgan fingerprint density at radius 2 is 1.95 bits per heavy atom. The minimum atomic E-state index is 0.140. The van der Waals surface area contributed by atoms with Crippen molar-refractivity contribution in [3.05, 3.63) is 35.4 Å². The molecule has 1 heterocycles. The topological polar surface area (TPSA) is 23.6 Å². The fourth-order valence-electron chi connectivity index (χ4n) is 2.88. The number of rotatable bonds is 5. The summed E-state index contributed by atoms with van der Waals surface area (Å²) in [6.07, 6.45) is 1.08. The molecular weight excluding hydrogens is 272 g/mol. The van der Waals surface area contributed by atoms with E-state index in [1.54, 1.807) is 0 Å². The Balaban J connectivity index is 2.00. The Labute approximate surface area is 126 Å². The first-order valence-electron chi connectivity index (χ1n) is 7.37. The molecule has 0 N–H and O–H groups in total. The molecule has 1 saturated heterocycles. The number of carbonyl (C=O) groups is 1. The monoisotopic (exact) mass is 294 g/mol. The molecule has 1 aromatic rings. The van der Waals surface area contributed by atoms with Crippen LogP contribution >= 0.6 is 11.6 Å². The van der Waals surface area contributed by atoms with E-state index in [1.165, 1.54) is 0 Å². The summed E-state index contributed by atoms with van der Waals surface area (Å²) in [5.74, 6) is 0.628. The molecule has 0 spiro atoms. The first-order valence-corrected chi connectivity index (χ1v) is 7.91. The van der Waals surface area contributed by atoms with Gasteiger partial charge in [-0.25, -0.2) is 0 Å². The van der Waals surface area contributed by atoms with Crippen molar-refractivity contribution in [3.8, 4) is 0 Å². The number of likely N-dealkylation sites (N-methyl/N-ethyl adjacent to an activating group) is 1. The molecule has 2 rings (SSSR count). The maximum Gasteiger partial charge on any atom is 0.253 e. The van der Waals surface area contributed by atoms with E-state index in [0.29, 0.717) is 11.9 Å². The quantitative estimate of drug-likeness (QED) is 0.780. The Kier molecular flexibility index (Phi) is 5.44. The zero-order valence-corrected chi connectivity index (χ0v) is 13.1. The van der Waals surface area contributed by atoms with Crippen LogP contribution in [0.15, 0.2) is 24.3 Å². The van der Waals surface area contributed by atoms with Crippen molar-refractivity contribution in [1.29, 1.82) is 0 Å². The molecule has 3 nitrogen and oxygen atoms in total. The van der Waals surface area contributed by atoms with Gasteiger partial charge >= 0.3 is 0 Å². The van der Waals surface area contributed by atoms with Gasteiger partial charge in [0.25, 0.3) is 5.91 Å². The molecule has 20 heavy (non-hydrogen) atoms. The smallest absolute Gasteiger partial charge is 0.253 e. The highest BCUT2D eigenvalue weighted by atomic mass is 35.5. The summed E-state index contributed by atoms with van der Waals surface area (Å²) < 4.78 is 0. The van der Waals surface area contributed by atoms with E-state index in [9.17, 15) is 4.79 Å². The molecule has 1 atom stereocenters. The largest absolute Gasteiger partial charge is 0.337 e. The first kappa shape index (κ1) is 15.3. The van der Waals surface area contributed by atoms with E-state index in [1.807, 2.05) is 29.2 Å². The summed E-state index contributed by atoms with van der Waals surface area (Å²) >= 11 is 5.77. The second-order valence-electron chi connectivity index (χ2n) is 5.25. The second kappa shape index (κ2) is 7.09. The number of nitrogens with zero attached hydrogens (tertiary/aromatic N) is 2. The summed E-state index contributed by atoms with van der Waals surface area (Å²) in [7, 11) is 0. The third kappa shape index (κ3) is 3.33. The van der Waals surface area contributed by atoms with Crippen molar-refractivity contribution in [2.75, 3.05) is 26.2 Å². The fourth-order valence-corrected chi connectivity index (χ4v) is 3.06. The Morgan fingerprint density at radius 3 is 2.50 bits per heavy atom. The van der Waals surface area contributed by atoms with E-state index in [2.05, 4.69) is 18.7 Å². The molecule has 1 unspecified atom stereocenters. The van der Waals surface area contributed by atoms with Crippen LogP contribution in [-0.2, 0) is 5.88 Å². The normalized spacial score (nSPS) is 18.8. The molecule has 1 aromatic carbocycles. The number of benzene rings is 1. The van der Waals surface area contributed by atoms with Crippen LogP contribution in [-0.4, -0.2) is 47.9 Å². The number of hydrogen-bond donors (Lipinski definition) is 0. The highest BCUT2D eigenvalue weighted by Gasteiger charge is 2.29. The van der Waals surface area contributed by atoms with Crippen LogP contribution in [0, 0.1) is 0 Å². The van der Waals surface area contributed by atoms with Crippen LogP contribution in [0.5, 0.6) is 0 Å². The molecule has 110 valence electrons. The number of likely N-dealkylation sites (tertiary alicyclic amines) is 1. The van der Waals surface area contributed by atoms with Crippen LogP contribution < -0.4 is 0 Å². The van der Waals surface area contributed by atoms with Crippen molar-refractivity contribution in [2.45, 2.75) is 32.2 Å². The van der Waals surface area contributed by atoms with Crippen molar-refractivity contribution < 1.29 is 4.79 Å². The van der Waals surface area contributed by atoms with Crippen molar-refractivity contribution in [1.82, 2.24) is 9.80 Å². The molecule has 1 aliphatic heterocycles. The highest BCUT2D eigenvalue weighted by Crippen LogP contribution is 2.18. The molecule has 1 aliphatic rings. The van der Waals surface area contributed by atoms with Crippen LogP contribution in [0.25, 0.3) is 0 Å². The van der Waals surface area contributed by atoms with Crippen molar-refractivity contribution >= 4 is 17.5 Å². The van der Waals surface area contributed by atoms with Gasteiger partial charge in [-0.1, -0.05) is 26.0 Å². The number of hydrogen-bond acceptors (Lipinski definition) is 2. The molecule has 0 aliphatic carbocycles. The van der Waals surface area contributed by atoms with Crippen LogP contribution in [0.2, 0.25) is 0 Å². The number of alkyl halides is 1. The number of halogens is 1. The zero-order chi connectivity index (χ0) is 14.5. The predicted octanol–water partition coefficient (Wildman–Crippen LogP) is 2.98. The van der Waals surface area contributed by atoms with Crippen LogP contribution in [0.1, 0.15) is 36.2 Å². The van der Waals surface area contributed by atoms with E-state index in [0.717, 1.165) is 43.7 Å². The lowest BCUT2D eigenvalue weighted by molar-refractivity contribution is 0.0778. The molecular formula is C16H23ClN2O. The molecule has 0 saturated carbocycles. The number of carbonyl (C=O) groups excluding carboxylic acids is 1. The van der Waals surface area contributed by atoms with E-state index in [4.69, 9.17) is 11.6 Å². The van der Waals surface area contributed by atoms with Gasteiger partial charge in [0.15, 0.2) is 0 Å². The van der Waals surface area contributed by atoms with Gasteiger partial charge in [-0.05, 0) is 37.2 Å². The summed E-state index contributed by atoms with van der Waals surface area (Å²) in [6, 6.07) is 8.13. The van der Waals surface area contributed by atoms with Gasteiger partial charge in [0, 0.05) is 30.6 Å². The van der Waals surface area contributed by atoms with Crippen LogP contribution in [0.4, 0.5) is 0 Å². The SMILES string of the molecule is CCN(CC)C1CCN(C(=O)c2ccc(CCl)cc2)C1. The van der Waals surface area contributed by atoms with E-state index < -0.39 is 0 Å². The van der Waals surface area contributed by atoms with Gasteiger partial charge in [-0.3, -0.25) is 9.69 Å². The van der Waals surface area contributed by atoms with Gasteiger partial charge in [0.05, 0.1) is 0 Å². The average molecular weight is 295 g/mol. The summed E-state index contributed by atoms with van der Waals surface area (Å²) in [6.45, 7) is 8.16. The second-order valence-corrected chi connectivity index (χ2v) is 5.51. The first-order chi connectivity index (χ1) is 9.69. The predicted molar refractivity (Wildman–Crippen MR) is 83.2 cm³/mol. The Hall–Kier alpha value is -1.06. The average Bonchev–Trinajstić information content (AvgIpc) is 2.97. The van der Waals surface area contributed by atoms with Gasteiger partial charge in [-0.2, -0.15) is 0 Å². The highest BCUT2D eigenvalue weighted by molar-refractivity contribution is 6.17. The lowest BCUT2D eigenvalue weighted by Gasteiger charge is -2.26.